The van der Waals surface area contributed by atoms with E-state index in [0.717, 1.165) is 5.56 Å². The molecule has 1 heterocycles. The van der Waals surface area contributed by atoms with Gasteiger partial charge in [0.2, 0.25) is 0 Å². The quantitative estimate of drug-likeness (QED) is 0.789. The summed E-state index contributed by atoms with van der Waals surface area (Å²) < 4.78 is 33.4. The maximum Gasteiger partial charge on any atom is 0.338 e. The standard InChI is InChI=1S/C14H18O5S/c1-18-9-11-5-2-3-7-13(11)14(15)19-12-6-4-8-20(16,17)10-12/h2-3,5,7,12H,4,6,8-10H2,1H3/t12-/m1/s1. The van der Waals surface area contributed by atoms with Gasteiger partial charge in [-0.05, 0) is 24.5 Å². The van der Waals surface area contributed by atoms with Crippen molar-refractivity contribution in [2.24, 2.45) is 0 Å². The molecule has 0 N–H and O–H groups in total. The fourth-order valence-corrected chi connectivity index (χ4v) is 3.86. The molecule has 0 aromatic heterocycles. The predicted octanol–water partition coefficient (Wildman–Crippen LogP) is 1.57. The number of hydrogen-bond donors (Lipinski definition) is 0. The highest BCUT2D eigenvalue weighted by Crippen LogP contribution is 2.18. The second-order valence-electron chi connectivity index (χ2n) is 4.87. The Morgan fingerprint density at radius 1 is 1.35 bits per heavy atom. The van der Waals surface area contributed by atoms with Crippen molar-refractivity contribution in [2.75, 3.05) is 18.6 Å². The first-order valence-electron chi connectivity index (χ1n) is 6.50. The highest BCUT2D eigenvalue weighted by atomic mass is 32.2. The summed E-state index contributed by atoms with van der Waals surface area (Å²) >= 11 is 0. The van der Waals surface area contributed by atoms with Gasteiger partial charge in [0.1, 0.15) is 6.10 Å². The van der Waals surface area contributed by atoms with Gasteiger partial charge in [-0.3, -0.25) is 0 Å². The molecule has 0 radical (unpaired) electrons. The van der Waals surface area contributed by atoms with E-state index in [-0.39, 0.29) is 11.5 Å². The smallest absolute Gasteiger partial charge is 0.338 e. The van der Waals surface area contributed by atoms with Crippen molar-refractivity contribution in [1.29, 1.82) is 0 Å². The van der Waals surface area contributed by atoms with Crippen molar-refractivity contribution in [3.8, 4) is 0 Å². The predicted molar refractivity (Wildman–Crippen MR) is 74.2 cm³/mol. The van der Waals surface area contributed by atoms with Crippen LogP contribution in [0.2, 0.25) is 0 Å². The van der Waals surface area contributed by atoms with Gasteiger partial charge in [0.05, 0.1) is 23.7 Å². The summed E-state index contributed by atoms with van der Waals surface area (Å²) in [6, 6.07) is 7.01. The zero-order valence-electron chi connectivity index (χ0n) is 11.4. The first kappa shape index (κ1) is 15.0. The summed E-state index contributed by atoms with van der Waals surface area (Å²) in [5.74, 6) is -0.383. The Labute approximate surface area is 118 Å². The molecule has 1 aromatic rings. The molecule has 110 valence electrons. The van der Waals surface area contributed by atoms with Crippen molar-refractivity contribution in [2.45, 2.75) is 25.6 Å². The van der Waals surface area contributed by atoms with Gasteiger partial charge in [-0.1, -0.05) is 18.2 Å². The Kier molecular flexibility index (Phi) is 4.77. The summed E-state index contributed by atoms with van der Waals surface area (Å²) in [5, 5.41) is 0. The third-order valence-corrected chi connectivity index (χ3v) is 5.02. The molecule has 1 saturated heterocycles. The number of sulfone groups is 1. The second kappa shape index (κ2) is 6.37. The molecule has 6 heteroatoms. The van der Waals surface area contributed by atoms with E-state index >= 15 is 0 Å². The topological polar surface area (TPSA) is 69.7 Å². The van der Waals surface area contributed by atoms with Crippen molar-refractivity contribution in [3.05, 3.63) is 35.4 Å². The minimum Gasteiger partial charge on any atom is -0.458 e. The molecular weight excluding hydrogens is 280 g/mol. The minimum absolute atomic E-state index is 0.0782. The number of ether oxygens (including phenoxy) is 2. The average Bonchev–Trinajstić information content (AvgIpc) is 2.38. The number of benzene rings is 1. The van der Waals surface area contributed by atoms with E-state index in [1.165, 1.54) is 0 Å². The maximum atomic E-state index is 12.1. The van der Waals surface area contributed by atoms with Gasteiger partial charge in [-0.25, -0.2) is 13.2 Å². The summed E-state index contributed by atoms with van der Waals surface area (Å²) in [5.41, 5.74) is 1.16. The summed E-state index contributed by atoms with van der Waals surface area (Å²) in [4.78, 5) is 12.1. The van der Waals surface area contributed by atoms with Crippen LogP contribution in [0.25, 0.3) is 0 Å². The highest BCUT2D eigenvalue weighted by Gasteiger charge is 2.28. The van der Waals surface area contributed by atoms with Gasteiger partial charge >= 0.3 is 5.97 Å². The Morgan fingerprint density at radius 2 is 2.10 bits per heavy atom. The Hall–Kier alpha value is -1.40. The molecule has 20 heavy (non-hydrogen) atoms. The Bertz CT molecular complexity index is 579. The molecular formula is C14H18O5S. The molecule has 1 atom stereocenters. The molecule has 0 unspecified atom stereocenters. The molecule has 1 aromatic carbocycles. The largest absolute Gasteiger partial charge is 0.458 e. The summed E-state index contributed by atoms with van der Waals surface area (Å²) in [6.07, 6.45) is 0.592. The van der Waals surface area contributed by atoms with Gasteiger partial charge in [-0.15, -0.1) is 0 Å². The lowest BCUT2D eigenvalue weighted by molar-refractivity contribution is 0.0319. The molecule has 0 aliphatic carbocycles. The fourth-order valence-electron chi connectivity index (χ4n) is 2.29. The molecule has 1 aliphatic heterocycles. The first-order valence-corrected chi connectivity index (χ1v) is 8.32. The highest BCUT2D eigenvalue weighted by molar-refractivity contribution is 7.91. The van der Waals surface area contributed by atoms with E-state index in [4.69, 9.17) is 9.47 Å². The van der Waals surface area contributed by atoms with E-state index in [1.807, 2.05) is 6.07 Å². The van der Waals surface area contributed by atoms with Gasteiger partial charge in [0.15, 0.2) is 9.84 Å². The van der Waals surface area contributed by atoms with Gasteiger partial charge in [0, 0.05) is 7.11 Å². The van der Waals surface area contributed by atoms with Crippen LogP contribution in [0.1, 0.15) is 28.8 Å². The zero-order valence-corrected chi connectivity index (χ0v) is 12.2. The first-order chi connectivity index (χ1) is 9.52. The van der Waals surface area contributed by atoms with E-state index in [1.54, 1.807) is 25.3 Å². The average molecular weight is 298 g/mol. The molecule has 2 rings (SSSR count). The van der Waals surface area contributed by atoms with Crippen molar-refractivity contribution in [3.63, 3.8) is 0 Å². The number of carbonyl (C=O) groups excluding carboxylic acids is 1. The van der Waals surface area contributed by atoms with Gasteiger partial charge in [-0.2, -0.15) is 0 Å². The number of methoxy groups -OCH3 is 1. The van der Waals surface area contributed by atoms with Crippen LogP contribution in [-0.4, -0.2) is 39.1 Å². The molecule has 0 saturated carbocycles. The van der Waals surface area contributed by atoms with Crippen molar-refractivity contribution in [1.82, 2.24) is 0 Å². The number of hydrogen-bond acceptors (Lipinski definition) is 5. The number of carbonyl (C=O) groups is 1. The second-order valence-corrected chi connectivity index (χ2v) is 7.10. The van der Waals surface area contributed by atoms with Crippen LogP contribution in [0, 0.1) is 0 Å². The van der Waals surface area contributed by atoms with Gasteiger partial charge < -0.3 is 9.47 Å². The molecule has 0 amide bonds. The zero-order chi connectivity index (χ0) is 14.6. The lowest BCUT2D eigenvalue weighted by Crippen LogP contribution is -2.33. The van der Waals surface area contributed by atoms with Crippen LogP contribution < -0.4 is 0 Å². The summed E-state index contributed by atoms with van der Waals surface area (Å²) in [7, 11) is -1.53. The van der Waals surface area contributed by atoms with Crippen LogP contribution in [0.4, 0.5) is 0 Å². The molecule has 1 aliphatic rings. The third-order valence-electron chi connectivity index (χ3n) is 3.23. The normalized spacial score (nSPS) is 21.4. The van der Waals surface area contributed by atoms with E-state index in [0.29, 0.717) is 25.0 Å². The Morgan fingerprint density at radius 3 is 2.80 bits per heavy atom. The lowest BCUT2D eigenvalue weighted by atomic mass is 10.1. The molecule has 1 fully saturated rings. The van der Waals surface area contributed by atoms with Crippen LogP contribution in [0.15, 0.2) is 24.3 Å². The maximum absolute atomic E-state index is 12.1. The van der Waals surface area contributed by atoms with Gasteiger partial charge in [0.25, 0.3) is 0 Å². The summed E-state index contributed by atoms with van der Waals surface area (Å²) in [6.45, 7) is 0.314. The lowest BCUT2D eigenvalue weighted by Gasteiger charge is -2.22. The van der Waals surface area contributed by atoms with Crippen LogP contribution in [-0.2, 0) is 25.9 Å². The van der Waals surface area contributed by atoms with E-state index < -0.39 is 21.9 Å². The van der Waals surface area contributed by atoms with Crippen LogP contribution in [0.3, 0.4) is 0 Å². The minimum atomic E-state index is -3.08. The molecule has 0 spiro atoms. The SMILES string of the molecule is COCc1ccccc1C(=O)O[C@@H]1CCCS(=O)(=O)C1. The van der Waals surface area contributed by atoms with E-state index in [9.17, 15) is 13.2 Å². The number of rotatable bonds is 4. The third kappa shape index (κ3) is 3.80. The number of esters is 1. The van der Waals surface area contributed by atoms with E-state index in [2.05, 4.69) is 0 Å². The Balaban J connectivity index is 2.08. The fraction of sp³-hybridized carbons (Fsp3) is 0.500. The molecule has 5 nitrogen and oxygen atoms in total. The van der Waals surface area contributed by atoms with Crippen LogP contribution >= 0.6 is 0 Å². The van der Waals surface area contributed by atoms with Crippen molar-refractivity contribution < 1.29 is 22.7 Å². The molecule has 0 bridgehead atoms. The van der Waals surface area contributed by atoms with Crippen LogP contribution in [0.5, 0.6) is 0 Å². The van der Waals surface area contributed by atoms with Crippen molar-refractivity contribution >= 4 is 15.8 Å². The monoisotopic (exact) mass is 298 g/mol.